The molecule has 160 valence electrons. The smallest absolute Gasteiger partial charge is 0.301 e. The molecule has 1 aromatic carbocycles. The van der Waals surface area contributed by atoms with Crippen LogP contribution in [0.2, 0.25) is 0 Å². The number of anilines is 1. The Morgan fingerprint density at radius 3 is 2.55 bits per heavy atom. The van der Waals surface area contributed by atoms with E-state index in [1.165, 1.54) is 11.3 Å². The van der Waals surface area contributed by atoms with Crippen molar-refractivity contribution in [3.8, 4) is 5.75 Å². The molecule has 31 heavy (non-hydrogen) atoms. The number of hydrogen-bond donors (Lipinski definition) is 1. The van der Waals surface area contributed by atoms with Gasteiger partial charge in [-0.15, -0.1) is 0 Å². The Kier molecular flexibility index (Phi) is 6.06. The number of aromatic nitrogens is 2. The molecule has 0 saturated carbocycles. The van der Waals surface area contributed by atoms with Gasteiger partial charge in [-0.25, -0.2) is 4.98 Å². The van der Waals surface area contributed by atoms with Crippen LogP contribution in [0.25, 0.3) is 5.65 Å². The molecule has 0 atom stereocenters. The normalized spacial score (nSPS) is 13.9. The van der Waals surface area contributed by atoms with E-state index in [2.05, 4.69) is 17.6 Å². The predicted octanol–water partition coefficient (Wildman–Crippen LogP) is 2.38. The molecule has 0 unspecified atom stereocenters. The van der Waals surface area contributed by atoms with Gasteiger partial charge < -0.3 is 14.4 Å². The van der Waals surface area contributed by atoms with Crippen molar-refractivity contribution < 1.29 is 19.1 Å². The van der Waals surface area contributed by atoms with Crippen molar-refractivity contribution in [1.29, 1.82) is 0 Å². The molecule has 0 bridgehead atoms. The highest BCUT2D eigenvalue weighted by Crippen LogP contribution is 2.24. The van der Waals surface area contributed by atoms with Gasteiger partial charge in [-0.2, -0.15) is 0 Å². The molecule has 3 heterocycles. The van der Waals surface area contributed by atoms with Crippen molar-refractivity contribution in [3.05, 3.63) is 69.8 Å². The number of pyridine rings is 1. The monoisotopic (exact) mass is 439 g/mol. The molecule has 1 saturated heterocycles. The number of hydrogen-bond acceptors (Lipinski definition) is 7. The van der Waals surface area contributed by atoms with Crippen LogP contribution in [0.4, 0.5) is 5.69 Å². The van der Waals surface area contributed by atoms with Crippen molar-refractivity contribution in [3.63, 3.8) is 0 Å². The summed E-state index contributed by atoms with van der Waals surface area (Å²) in [6.45, 7) is 3.86. The van der Waals surface area contributed by atoms with Gasteiger partial charge in [-0.3, -0.25) is 18.8 Å². The van der Waals surface area contributed by atoms with Crippen molar-refractivity contribution in [1.82, 2.24) is 9.38 Å². The summed E-state index contributed by atoms with van der Waals surface area (Å²) >= 11 is 3.86. The fraction of sp³-hybridized carbons (Fsp3) is 0.273. The number of Topliss-reactive ketones (excluding diaryl/α,β-unsaturated/α-hetero) is 1. The van der Waals surface area contributed by atoms with Gasteiger partial charge in [0.2, 0.25) is 10.9 Å². The number of benzene rings is 1. The third kappa shape index (κ3) is 4.33. The molecule has 3 aromatic rings. The number of nitrogens with zero attached hydrogens (tertiary/aromatic N) is 3. The first-order chi connectivity index (χ1) is 15.0. The lowest BCUT2D eigenvalue weighted by Crippen LogP contribution is -2.37. The Labute approximate surface area is 183 Å². The van der Waals surface area contributed by atoms with E-state index in [1.54, 1.807) is 12.3 Å². The molecule has 1 fully saturated rings. The molecule has 0 N–H and O–H groups in total. The highest BCUT2D eigenvalue weighted by Gasteiger charge is 2.23. The molecule has 4 rings (SSSR count). The lowest BCUT2D eigenvalue weighted by Gasteiger charge is -2.29. The summed E-state index contributed by atoms with van der Waals surface area (Å²) in [7, 11) is 0. The molecule has 2 aromatic heterocycles. The highest BCUT2D eigenvalue weighted by molar-refractivity contribution is 7.97. The number of ketones is 1. The van der Waals surface area contributed by atoms with Gasteiger partial charge >= 0.3 is 5.56 Å². The number of morpholine rings is 1. The van der Waals surface area contributed by atoms with Crippen LogP contribution < -0.4 is 15.2 Å². The first-order valence-electron chi connectivity index (χ1n) is 9.80. The van der Waals surface area contributed by atoms with Crippen LogP contribution in [-0.4, -0.2) is 46.6 Å². The standard InChI is InChI=1S/C22H21N3O5S/c1-14(26)17-11-16(24-7-9-29-10-8-24)12-25-20(17)23-18(22(28)31)19(21(25)27)30-13-15-5-3-2-4-6-15/h2-6,11-12H,7-10,13H2,1H3,(H,28,31). The van der Waals surface area contributed by atoms with E-state index in [4.69, 9.17) is 9.47 Å². The molecular weight excluding hydrogens is 418 g/mol. The van der Waals surface area contributed by atoms with E-state index in [-0.39, 0.29) is 35.0 Å². The second kappa shape index (κ2) is 8.91. The number of rotatable bonds is 6. The number of ether oxygens (including phenoxy) is 2. The predicted molar refractivity (Wildman–Crippen MR) is 119 cm³/mol. The largest absolute Gasteiger partial charge is 0.481 e. The molecule has 0 radical (unpaired) electrons. The Hall–Kier alpha value is -3.17. The Morgan fingerprint density at radius 2 is 1.90 bits per heavy atom. The Bertz CT molecular complexity index is 1200. The molecular formula is C22H21N3O5S. The van der Waals surface area contributed by atoms with E-state index in [1.807, 2.05) is 35.2 Å². The van der Waals surface area contributed by atoms with Gasteiger partial charge in [0.15, 0.2) is 17.1 Å². The molecule has 0 spiro atoms. The van der Waals surface area contributed by atoms with E-state index in [0.717, 1.165) is 5.56 Å². The Balaban J connectivity index is 1.87. The fourth-order valence-corrected chi connectivity index (χ4v) is 3.62. The first kappa shape index (κ1) is 21.1. The topological polar surface area (TPSA) is 90.2 Å². The SMILES string of the molecule is CC(=O)c1cc(N2CCOCC2)cn2c(=O)c(OCc3ccccc3)c(C(=O)S)nc12. The van der Waals surface area contributed by atoms with Crippen molar-refractivity contribution in [2.24, 2.45) is 0 Å². The van der Waals surface area contributed by atoms with Gasteiger partial charge in [0.1, 0.15) is 6.61 Å². The van der Waals surface area contributed by atoms with E-state index >= 15 is 0 Å². The van der Waals surface area contributed by atoms with E-state index in [9.17, 15) is 14.4 Å². The van der Waals surface area contributed by atoms with Crippen LogP contribution >= 0.6 is 12.6 Å². The lowest BCUT2D eigenvalue weighted by atomic mass is 10.1. The third-order valence-corrected chi connectivity index (χ3v) is 5.26. The molecule has 1 aliphatic heterocycles. The summed E-state index contributed by atoms with van der Waals surface area (Å²) in [5.74, 6) is -0.468. The number of fused-ring (bicyclic) bond motifs is 1. The molecule has 8 nitrogen and oxygen atoms in total. The van der Waals surface area contributed by atoms with Crippen molar-refractivity contribution in [2.45, 2.75) is 13.5 Å². The maximum Gasteiger partial charge on any atom is 0.301 e. The summed E-state index contributed by atoms with van der Waals surface area (Å²) < 4.78 is 12.4. The highest BCUT2D eigenvalue weighted by atomic mass is 32.1. The number of carbonyl (C=O) groups is 2. The maximum atomic E-state index is 13.3. The van der Waals surface area contributed by atoms with Crippen LogP contribution in [0.3, 0.4) is 0 Å². The number of thiol groups is 1. The zero-order valence-corrected chi connectivity index (χ0v) is 17.8. The quantitative estimate of drug-likeness (QED) is 0.466. The van der Waals surface area contributed by atoms with Gasteiger partial charge in [0, 0.05) is 19.3 Å². The molecule has 1 aliphatic rings. The van der Waals surface area contributed by atoms with Crippen LogP contribution in [0.5, 0.6) is 5.75 Å². The number of carbonyl (C=O) groups excluding carboxylic acids is 2. The summed E-state index contributed by atoms with van der Waals surface area (Å²) in [5.41, 5.74) is 1.08. The molecule has 0 aliphatic carbocycles. The average molecular weight is 439 g/mol. The molecule has 0 amide bonds. The van der Waals surface area contributed by atoms with E-state index < -0.39 is 10.7 Å². The minimum Gasteiger partial charge on any atom is -0.481 e. The van der Waals surface area contributed by atoms with Crippen molar-refractivity contribution in [2.75, 3.05) is 31.2 Å². The Morgan fingerprint density at radius 1 is 1.19 bits per heavy atom. The second-order valence-corrected chi connectivity index (χ2v) is 7.54. The summed E-state index contributed by atoms with van der Waals surface area (Å²) in [6, 6.07) is 10.9. The van der Waals surface area contributed by atoms with Crippen LogP contribution in [0.15, 0.2) is 47.4 Å². The zero-order valence-electron chi connectivity index (χ0n) is 16.9. The molecule has 9 heteroatoms. The summed E-state index contributed by atoms with van der Waals surface area (Å²) in [5, 5.41) is -0.714. The van der Waals surface area contributed by atoms with Gasteiger partial charge in [0.05, 0.1) is 24.5 Å². The fourth-order valence-electron chi connectivity index (χ4n) is 3.47. The third-order valence-electron chi connectivity index (χ3n) is 5.05. The van der Waals surface area contributed by atoms with Gasteiger partial charge in [-0.1, -0.05) is 43.0 Å². The van der Waals surface area contributed by atoms with Gasteiger partial charge in [0.25, 0.3) is 0 Å². The zero-order chi connectivity index (χ0) is 22.0. The van der Waals surface area contributed by atoms with Gasteiger partial charge in [-0.05, 0) is 18.6 Å². The minimum absolute atomic E-state index is 0.0839. The van der Waals surface area contributed by atoms with Crippen LogP contribution in [0.1, 0.15) is 33.3 Å². The van der Waals surface area contributed by atoms with Crippen LogP contribution in [-0.2, 0) is 11.3 Å². The summed E-state index contributed by atoms with van der Waals surface area (Å²) in [4.78, 5) is 44.2. The van der Waals surface area contributed by atoms with Crippen LogP contribution in [0, 0.1) is 0 Å². The van der Waals surface area contributed by atoms with Crippen molar-refractivity contribution >= 4 is 34.9 Å². The lowest BCUT2D eigenvalue weighted by molar-refractivity contribution is 0.101. The average Bonchev–Trinajstić information content (AvgIpc) is 2.78. The second-order valence-electron chi connectivity index (χ2n) is 7.14. The first-order valence-corrected chi connectivity index (χ1v) is 10.2. The summed E-state index contributed by atoms with van der Waals surface area (Å²) in [6.07, 6.45) is 1.62. The maximum absolute atomic E-state index is 13.3. The minimum atomic E-state index is -0.714. The van der Waals surface area contributed by atoms with E-state index in [0.29, 0.717) is 32.0 Å².